The first-order valence-corrected chi connectivity index (χ1v) is 7.71. The minimum absolute atomic E-state index is 0.197. The second-order valence-electron chi connectivity index (χ2n) is 4.68. The minimum Gasteiger partial charge on any atom is -0.279 e. The van der Waals surface area contributed by atoms with Gasteiger partial charge in [-0.1, -0.05) is 43.1 Å². The van der Waals surface area contributed by atoms with Gasteiger partial charge in [0.25, 0.3) is 0 Å². The Balaban J connectivity index is 2.65. The summed E-state index contributed by atoms with van der Waals surface area (Å²) in [5.74, 6) is 6.55. The number of rotatable bonds is 5. The lowest BCUT2D eigenvalue weighted by atomic mass is 10.3. The van der Waals surface area contributed by atoms with Gasteiger partial charge < -0.3 is 0 Å². The third-order valence-electron chi connectivity index (χ3n) is 3.07. The van der Waals surface area contributed by atoms with Crippen molar-refractivity contribution < 1.29 is 0 Å². The molecule has 0 saturated carbocycles. The lowest BCUT2D eigenvalue weighted by molar-refractivity contribution is 0.713. The molecule has 0 amide bonds. The van der Waals surface area contributed by atoms with Crippen LogP contribution in [-0.4, -0.2) is 21.1 Å². The van der Waals surface area contributed by atoms with Crippen molar-refractivity contribution >= 4 is 29.2 Å². The number of nitrogens with two attached hydrogens (primary N) is 1. The monoisotopic (exact) mass is 341 g/mol. The van der Waals surface area contributed by atoms with Crippen LogP contribution in [0.15, 0.2) is 23.0 Å². The largest absolute Gasteiger partial charge is 0.357 e. The summed E-state index contributed by atoms with van der Waals surface area (Å²) in [5.41, 5.74) is -0.123. The fourth-order valence-electron chi connectivity index (χ4n) is 2.07. The molecule has 2 aromatic rings. The molecule has 0 atom stereocenters. The third kappa shape index (κ3) is 3.24. The molecule has 0 fully saturated rings. The van der Waals surface area contributed by atoms with Gasteiger partial charge in [-0.05, 0) is 18.6 Å². The first-order chi connectivity index (χ1) is 10.5. The molecule has 0 unspecified atom stereocenters. The van der Waals surface area contributed by atoms with Crippen LogP contribution in [0.1, 0.15) is 26.1 Å². The van der Waals surface area contributed by atoms with Crippen molar-refractivity contribution in [3.05, 3.63) is 44.6 Å². The zero-order chi connectivity index (χ0) is 16.3. The van der Waals surface area contributed by atoms with E-state index in [0.717, 1.165) is 6.42 Å². The number of aromatic nitrogens is 3. The maximum atomic E-state index is 12.4. The molecule has 0 aliphatic rings. The topological polar surface area (TPSA) is 77.0 Å². The van der Waals surface area contributed by atoms with Gasteiger partial charge in [-0.15, -0.1) is 0 Å². The molecule has 0 aliphatic heterocycles. The van der Waals surface area contributed by atoms with Gasteiger partial charge in [-0.2, -0.15) is 9.97 Å². The molecule has 1 aromatic heterocycles. The van der Waals surface area contributed by atoms with Crippen LogP contribution in [0.2, 0.25) is 10.0 Å². The molecule has 118 valence electrons. The van der Waals surface area contributed by atoms with Gasteiger partial charge in [-0.25, -0.2) is 15.2 Å². The molecule has 8 heteroatoms. The Morgan fingerprint density at radius 2 is 1.86 bits per heavy atom. The van der Waals surface area contributed by atoms with Crippen LogP contribution in [-0.2, 0) is 6.42 Å². The van der Waals surface area contributed by atoms with Gasteiger partial charge in [-0.3, -0.25) is 5.01 Å². The lowest BCUT2D eigenvalue weighted by Crippen LogP contribution is -2.37. The summed E-state index contributed by atoms with van der Waals surface area (Å²) in [5, 5.41) is 2.08. The van der Waals surface area contributed by atoms with E-state index in [-0.39, 0.29) is 5.95 Å². The summed E-state index contributed by atoms with van der Waals surface area (Å²) in [6.07, 6.45) is 1.33. The SMILES string of the molecule is CCCN(N)c1nc(CC)n(-c2c(Cl)cccc2Cl)c(=O)n1. The number of halogens is 2. The number of nitrogens with zero attached hydrogens (tertiary/aromatic N) is 4. The van der Waals surface area contributed by atoms with E-state index in [9.17, 15) is 4.79 Å². The highest BCUT2D eigenvalue weighted by Gasteiger charge is 2.17. The highest BCUT2D eigenvalue weighted by molar-refractivity contribution is 6.37. The lowest BCUT2D eigenvalue weighted by Gasteiger charge is -2.18. The molecule has 0 aliphatic carbocycles. The van der Waals surface area contributed by atoms with Crippen molar-refractivity contribution in [3.8, 4) is 5.69 Å². The van der Waals surface area contributed by atoms with Gasteiger partial charge in [0.2, 0.25) is 5.95 Å². The number of hydrazine groups is 1. The zero-order valence-electron chi connectivity index (χ0n) is 12.4. The van der Waals surface area contributed by atoms with Crippen molar-refractivity contribution in [2.24, 2.45) is 5.84 Å². The van der Waals surface area contributed by atoms with Crippen LogP contribution in [0.4, 0.5) is 5.95 Å². The van der Waals surface area contributed by atoms with Crippen LogP contribution in [0, 0.1) is 0 Å². The Hall–Kier alpha value is -1.63. The second kappa shape index (κ2) is 7.09. The van der Waals surface area contributed by atoms with E-state index in [4.69, 9.17) is 29.0 Å². The van der Waals surface area contributed by atoms with E-state index in [1.807, 2.05) is 13.8 Å². The van der Waals surface area contributed by atoms with Gasteiger partial charge >= 0.3 is 5.69 Å². The van der Waals surface area contributed by atoms with Gasteiger partial charge in [0.1, 0.15) is 5.82 Å². The highest BCUT2D eigenvalue weighted by atomic mass is 35.5. The Labute approximate surface area is 138 Å². The first-order valence-electron chi connectivity index (χ1n) is 6.96. The molecule has 1 heterocycles. The van der Waals surface area contributed by atoms with Crippen LogP contribution < -0.4 is 16.5 Å². The maximum Gasteiger partial charge on any atom is 0.357 e. The standard InChI is InChI=1S/C14H17Cl2N5O/c1-3-8-20(17)13-18-11(4-2)21(14(22)19-13)12-9(15)6-5-7-10(12)16/h5-7H,3-4,8,17H2,1-2H3. The summed E-state index contributed by atoms with van der Waals surface area (Å²) in [6, 6.07) is 5.03. The maximum absolute atomic E-state index is 12.4. The first kappa shape index (κ1) is 16.7. The second-order valence-corrected chi connectivity index (χ2v) is 5.49. The molecular weight excluding hydrogens is 325 g/mol. The molecule has 0 saturated heterocycles. The van der Waals surface area contributed by atoms with E-state index in [2.05, 4.69) is 9.97 Å². The molecule has 0 bridgehead atoms. The molecular formula is C14H17Cl2N5O. The molecule has 22 heavy (non-hydrogen) atoms. The quantitative estimate of drug-likeness (QED) is 0.668. The van der Waals surface area contributed by atoms with Crippen LogP contribution in [0.5, 0.6) is 0 Å². The predicted molar refractivity (Wildman–Crippen MR) is 88.9 cm³/mol. The van der Waals surface area contributed by atoms with Crippen LogP contribution >= 0.6 is 23.2 Å². The van der Waals surface area contributed by atoms with Crippen molar-refractivity contribution in [1.29, 1.82) is 0 Å². The molecule has 6 nitrogen and oxygen atoms in total. The Kier molecular flexibility index (Phi) is 5.39. The Bertz CT molecular complexity index is 711. The third-order valence-corrected chi connectivity index (χ3v) is 3.68. The number of benzene rings is 1. The summed E-state index contributed by atoms with van der Waals surface area (Å²) < 4.78 is 1.33. The summed E-state index contributed by atoms with van der Waals surface area (Å²) in [6.45, 7) is 4.41. The average Bonchev–Trinajstić information content (AvgIpc) is 2.48. The van der Waals surface area contributed by atoms with Crippen LogP contribution in [0.3, 0.4) is 0 Å². The van der Waals surface area contributed by atoms with Crippen LogP contribution in [0.25, 0.3) is 5.69 Å². The van der Waals surface area contributed by atoms with E-state index < -0.39 is 5.69 Å². The average molecular weight is 342 g/mol. The fraction of sp³-hybridized carbons (Fsp3) is 0.357. The van der Waals surface area contributed by atoms with Gasteiger partial charge in [0.05, 0.1) is 15.7 Å². The summed E-state index contributed by atoms with van der Waals surface area (Å²) >= 11 is 12.4. The molecule has 2 N–H and O–H groups in total. The number of aryl methyl sites for hydroxylation is 1. The molecule has 0 radical (unpaired) electrons. The smallest absolute Gasteiger partial charge is 0.279 e. The van der Waals surface area contributed by atoms with E-state index in [1.54, 1.807) is 18.2 Å². The molecule has 0 spiro atoms. The normalized spacial score (nSPS) is 10.8. The molecule has 1 aromatic carbocycles. The summed E-state index contributed by atoms with van der Waals surface area (Å²) in [4.78, 5) is 20.7. The summed E-state index contributed by atoms with van der Waals surface area (Å²) in [7, 11) is 0. The van der Waals surface area contributed by atoms with Gasteiger partial charge in [0.15, 0.2) is 0 Å². The Morgan fingerprint density at radius 1 is 1.23 bits per heavy atom. The fourth-order valence-corrected chi connectivity index (χ4v) is 2.64. The van der Waals surface area contributed by atoms with Crippen molar-refractivity contribution in [1.82, 2.24) is 14.5 Å². The number of hydrogen-bond acceptors (Lipinski definition) is 5. The number of para-hydroxylation sites is 1. The van der Waals surface area contributed by atoms with Gasteiger partial charge in [0, 0.05) is 13.0 Å². The van der Waals surface area contributed by atoms with Crippen molar-refractivity contribution in [3.63, 3.8) is 0 Å². The van der Waals surface area contributed by atoms with E-state index >= 15 is 0 Å². The van der Waals surface area contributed by atoms with E-state index in [1.165, 1.54) is 9.58 Å². The zero-order valence-corrected chi connectivity index (χ0v) is 13.9. The number of anilines is 1. The Morgan fingerprint density at radius 3 is 2.41 bits per heavy atom. The van der Waals surface area contributed by atoms with E-state index in [0.29, 0.717) is 34.5 Å². The minimum atomic E-state index is -0.511. The van der Waals surface area contributed by atoms with Crippen molar-refractivity contribution in [2.75, 3.05) is 11.6 Å². The highest BCUT2D eigenvalue weighted by Crippen LogP contribution is 2.28. The number of hydrogen-bond donors (Lipinski definition) is 1. The predicted octanol–water partition coefficient (Wildman–Crippen LogP) is 2.59. The van der Waals surface area contributed by atoms with Crippen molar-refractivity contribution in [2.45, 2.75) is 26.7 Å². The molecule has 2 rings (SSSR count).